The lowest BCUT2D eigenvalue weighted by molar-refractivity contribution is -0.146. The molecule has 0 radical (unpaired) electrons. The molecule has 2 saturated heterocycles. The highest BCUT2D eigenvalue weighted by atomic mass is 35.5. The van der Waals surface area contributed by atoms with Crippen molar-refractivity contribution in [2.24, 2.45) is 23.7 Å². The zero-order valence-corrected chi connectivity index (χ0v) is 26.3. The standard InChI is InChI=1S/C36H33ClFN3O5/c1-35(2,3)40-31(43)26-16-15-25-27(29(26)33(40)45)18-28-32(44)41(39-23-13-11-22(38)12-14-23)34(46)36(28,20-7-9-21(37)10-8-20)30(25)19-5-4-6-24(42)17-19/h4-15,17,26-30,39,42H,16,18H2,1-3H3. The molecule has 7 rings (SSSR count). The number of amides is 4. The van der Waals surface area contributed by atoms with Crippen LogP contribution >= 0.6 is 11.6 Å². The van der Waals surface area contributed by atoms with Gasteiger partial charge in [-0.15, -0.1) is 0 Å². The number of anilines is 1. The number of carbonyl (C=O) groups excluding carboxylic acids is 4. The van der Waals surface area contributed by atoms with Crippen LogP contribution < -0.4 is 5.43 Å². The van der Waals surface area contributed by atoms with Gasteiger partial charge in [-0.25, -0.2) is 4.39 Å². The van der Waals surface area contributed by atoms with E-state index in [-0.39, 0.29) is 24.0 Å². The van der Waals surface area contributed by atoms with Gasteiger partial charge in [0.25, 0.3) is 11.8 Å². The van der Waals surface area contributed by atoms with E-state index in [4.69, 9.17) is 11.6 Å². The molecule has 2 N–H and O–H groups in total. The summed E-state index contributed by atoms with van der Waals surface area (Å²) >= 11 is 6.31. The number of benzene rings is 3. The average Bonchev–Trinajstić information content (AvgIpc) is 3.39. The number of nitrogens with zero attached hydrogens (tertiary/aromatic N) is 2. The molecule has 6 atom stereocenters. The first-order valence-corrected chi connectivity index (χ1v) is 15.7. The topological polar surface area (TPSA) is 107 Å². The molecule has 236 valence electrons. The number of likely N-dealkylation sites (tertiary alicyclic amines) is 1. The number of phenols is 1. The fraction of sp³-hybridized carbons (Fsp3) is 0.333. The van der Waals surface area contributed by atoms with Crippen molar-refractivity contribution in [3.8, 4) is 5.75 Å². The number of phenolic OH excluding ortho intramolecular Hbond substituents is 1. The Morgan fingerprint density at radius 2 is 1.61 bits per heavy atom. The van der Waals surface area contributed by atoms with Gasteiger partial charge in [0.15, 0.2) is 0 Å². The Kier molecular flexibility index (Phi) is 6.90. The first kappa shape index (κ1) is 30.2. The van der Waals surface area contributed by atoms with Crippen LogP contribution in [0.25, 0.3) is 0 Å². The number of rotatable bonds is 4. The number of halogens is 2. The van der Waals surface area contributed by atoms with Crippen LogP contribution in [-0.4, -0.2) is 44.2 Å². The smallest absolute Gasteiger partial charge is 0.260 e. The van der Waals surface area contributed by atoms with E-state index in [0.29, 0.717) is 28.3 Å². The highest BCUT2D eigenvalue weighted by molar-refractivity contribution is 6.30. The van der Waals surface area contributed by atoms with Crippen LogP contribution in [0.1, 0.15) is 50.7 Å². The van der Waals surface area contributed by atoms with Crippen molar-refractivity contribution in [2.45, 2.75) is 50.5 Å². The van der Waals surface area contributed by atoms with Crippen molar-refractivity contribution in [1.82, 2.24) is 9.91 Å². The van der Waals surface area contributed by atoms with Gasteiger partial charge in [-0.05, 0) is 99.2 Å². The molecular weight excluding hydrogens is 609 g/mol. The summed E-state index contributed by atoms with van der Waals surface area (Å²) in [6.45, 7) is 5.48. The van der Waals surface area contributed by atoms with Gasteiger partial charge in [0.05, 0.1) is 28.9 Å². The van der Waals surface area contributed by atoms with Gasteiger partial charge in [-0.1, -0.05) is 47.5 Å². The first-order chi connectivity index (χ1) is 21.8. The summed E-state index contributed by atoms with van der Waals surface area (Å²) in [6, 6.07) is 18.8. The van der Waals surface area contributed by atoms with E-state index in [1.807, 2.05) is 32.9 Å². The molecule has 3 aromatic rings. The first-order valence-electron chi connectivity index (χ1n) is 15.4. The molecule has 4 aliphatic rings. The summed E-state index contributed by atoms with van der Waals surface area (Å²) < 4.78 is 13.8. The van der Waals surface area contributed by atoms with E-state index in [1.54, 1.807) is 36.4 Å². The van der Waals surface area contributed by atoms with E-state index in [2.05, 4.69) is 5.43 Å². The van der Waals surface area contributed by atoms with Crippen LogP contribution in [0.15, 0.2) is 84.4 Å². The van der Waals surface area contributed by atoms with Gasteiger partial charge in [-0.2, -0.15) is 5.01 Å². The highest BCUT2D eigenvalue weighted by Crippen LogP contribution is 2.64. The Morgan fingerprint density at radius 1 is 0.913 bits per heavy atom. The minimum Gasteiger partial charge on any atom is -0.508 e. The fourth-order valence-corrected chi connectivity index (χ4v) is 8.52. The minimum absolute atomic E-state index is 0.0131. The predicted molar refractivity (Wildman–Crippen MR) is 169 cm³/mol. The van der Waals surface area contributed by atoms with E-state index in [9.17, 15) is 23.9 Å². The molecule has 3 aromatic carbocycles. The molecule has 2 aliphatic heterocycles. The second kappa shape index (κ2) is 10.5. The number of hydrogen-bond acceptors (Lipinski definition) is 6. The highest BCUT2D eigenvalue weighted by Gasteiger charge is 2.70. The molecule has 1 saturated carbocycles. The molecule has 8 nitrogen and oxygen atoms in total. The number of hydrogen-bond donors (Lipinski definition) is 2. The molecule has 0 spiro atoms. The fourth-order valence-electron chi connectivity index (χ4n) is 8.40. The Balaban J connectivity index is 1.45. The van der Waals surface area contributed by atoms with Crippen molar-refractivity contribution in [3.63, 3.8) is 0 Å². The molecule has 0 aromatic heterocycles. The van der Waals surface area contributed by atoms with Crippen LogP contribution in [0.3, 0.4) is 0 Å². The number of hydrazine groups is 1. The zero-order chi connectivity index (χ0) is 32.7. The quantitative estimate of drug-likeness (QED) is 0.269. The molecular formula is C36H33ClFN3O5. The number of carbonyl (C=O) groups is 4. The van der Waals surface area contributed by atoms with Crippen LogP contribution in [0.5, 0.6) is 5.75 Å². The zero-order valence-electron chi connectivity index (χ0n) is 25.5. The number of fused-ring (bicyclic) bond motifs is 4. The molecule has 4 amide bonds. The molecule has 46 heavy (non-hydrogen) atoms. The number of imide groups is 2. The third-order valence-corrected chi connectivity index (χ3v) is 10.4. The molecule has 10 heteroatoms. The van der Waals surface area contributed by atoms with Gasteiger partial charge < -0.3 is 5.11 Å². The van der Waals surface area contributed by atoms with Gasteiger partial charge >= 0.3 is 0 Å². The number of allylic oxidation sites excluding steroid dienone is 2. The van der Waals surface area contributed by atoms with E-state index in [0.717, 1.165) is 10.6 Å². The van der Waals surface area contributed by atoms with E-state index < -0.39 is 58.2 Å². The third-order valence-electron chi connectivity index (χ3n) is 10.1. The van der Waals surface area contributed by atoms with E-state index >= 15 is 4.79 Å². The Bertz CT molecular complexity index is 1820. The van der Waals surface area contributed by atoms with Gasteiger partial charge in [0.1, 0.15) is 11.6 Å². The van der Waals surface area contributed by atoms with Crippen LogP contribution in [0.2, 0.25) is 5.02 Å². The van der Waals surface area contributed by atoms with Gasteiger partial charge in [0.2, 0.25) is 11.8 Å². The third kappa shape index (κ3) is 4.31. The van der Waals surface area contributed by atoms with Crippen molar-refractivity contribution in [2.75, 3.05) is 5.43 Å². The van der Waals surface area contributed by atoms with Gasteiger partial charge in [-0.3, -0.25) is 29.5 Å². The monoisotopic (exact) mass is 641 g/mol. The van der Waals surface area contributed by atoms with E-state index in [1.165, 1.54) is 35.2 Å². The summed E-state index contributed by atoms with van der Waals surface area (Å²) in [4.78, 5) is 58.7. The molecule has 6 unspecified atom stereocenters. The molecule has 0 bridgehead atoms. The molecule has 2 heterocycles. The Morgan fingerprint density at radius 3 is 2.26 bits per heavy atom. The molecule has 2 aliphatic carbocycles. The van der Waals surface area contributed by atoms with Crippen molar-refractivity contribution in [1.29, 1.82) is 0 Å². The lowest BCUT2D eigenvalue weighted by Crippen LogP contribution is -2.53. The summed E-state index contributed by atoms with van der Waals surface area (Å²) in [5.41, 5.74) is 3.00. The van der Waals surface area contributed by atoms with Gasteiger partial charge in [0, 0.05) is 16.5 Å². The number of nitrogens with one attached hydrogen (secondary N) is 1. The predicted octanol–water partition coefficient (Wildman–Crippen LogP) is 5.97. The second-order valence-corrected chi connectivity index (χ2v) is 14.1. The largest absolute Gasteiger partial charge is 0.508 e. The Hall–Kier alpha value is -4.50. The normalized spacial score (nSPS) is 29.0. The van der Waals surface area contributed by atoms with Crippen LogP contribution in [0.4, 0.5) is 10.1 Å². The van der Waals surface area contributed by atoms with Crippen molar-refractivity contribution < 1.29 is 28.7 Å². The summed E-state index contributed by atoms with van der Waals surface area (Å²) in [7, 11) is 0. The second-order valence-electron chi connectivity index (χ2n) is 13.7. The van der Waals surface area contributed by atoms with Crippen molar-refractivity contribution >= 4 is 40.9 Å². The number of aromatic hydroxyl groups is 1. The summed E-state index contributed by atoms with van der Waals surface area (Å²) in [6.07, 6.45) is 2.43. The van der Waals surface area contributed by atoms with Crippen molar-refractivity contribution in [3.05, 3.63) is 106 Å². The van der Waals surface area contributed by atoms with Crippen LogP contribution in [-0.2, 0) is 24.6 Å². The maximum absolute atomic E-state index is 15.0. The molecule has 3 fully saturated rings. The summed E-state index contributed by atoms with van der Waals surface area (Å²) in [5, 5.41) is 12.1. The average molecular weight is 642 g/mol. The maximum atomic E-state index is 15.0. The maximum Gasteiger partial charge on any atom is 0.260 e. The SMILES string of the molecule is CC(C)(C)N1C(=O)C2CC=C3C(CC4C(=O)N(Nc5ccc(F)cc5)C(=O)C4(c4ccc(Cl)cc4)C3c3cccc(O)c3)C2C1=O. The lowest BCUT2D eigenvalue weighted by Gasteiger charge is -2.50. The minimum atomic E-state index is -1.49. The summed E-state index contributed by atoms with van der Waals surface area (Å²) in [5.74, 6) is -5.50. The van der Waals surface area contributed by atoms with Crippen LogP contribution in [0, 0.1) is 29.5 Å². The lowest BCUT2D eigenvalue weighted by atomic mass is 9.49. The Labute approximate surface area is 270 Å².